The minimum Gasteiger partial charge on any atom is -0.472 e. The van der Waals surface area contributed by atoms with Crippen molar-refractivity contribution in [3.05, 3.63) is 59.5 Å². The van der Waals surface area contributed by atoms with Crippen molar-refractivity contribution in [1.29, 1.82) is 0 Å². The molecule has 28 heavy (non-hydrogen) atoms. The maximum absolute atomic E-state index is 12.4. The molecular formula is C22H26N2O4. The third kappa shape index (κ3) is 3.83. The molecule has 1 atom stereocenters. The number of hydrogen-bond acceptors (Lipinski definition) is 4. The zero-order valence-electron chi connectivity index (χ0n) is 16.1. The number of rotatable bonds is 4. The standard InChI is InChI=1S/C22H26N2O4/c1-16-4-2-3-5-19(16)20(25)23-14-18-6-8-22(28-18)9-11-24(12-10-22)21(26)17-7-13-27-15-17/h2-5,7,13,15,18H,6,8-12,14H2,1H3,(H,23,25). The lowest BCUT2D eigenvalue weighted by molar-refractivity contribution is -0.0712. The predicted octanol–water partition coefficient (Wildman–Crippen LogP) is 3.17. The highest BCUT2D eigenvalue weighted by Gasteiger charge is 2.43. The van der Waals surface area contributed by atoms with Crippen LogP contribution in [0.3, 0.4) is 0 Å². The Morgan fingerprint density at radius 2 is 1.96 bits per heavy atom. The third-order valence-electron chi connectivity index (χ3n) is 5.95. The van der Waals surface area contributed by atoms with Crippen molar-refractivity contribution in [3.8, 4) is 0 Å². The van der Waals surface area contributed by atoms with Gasteiger partial charge >= 0.3 is 0 Å². The molecule has 1 unspecified atom stereocenters. The molecule has 2 aliphatic heterocycles. The van der Waals surface area contributed by atoms with E-state index in [0.29, 0.717) is 30.8 Å². The Bertz CT molecular complexity index is 838. The molecule has 2 amide bonds. The van der Waals surface area contributed by atoms with E-state index in [4.69, 9.17) is 9.15 Å². The first-order chi connectivity index (χ1) is 13.6. The van der Waals surface area contributed by atoms with E-state index in [0.717, 1.165) is 31.2 Å². The van der Waals surface area contributed by atoms with Crippen molar-refractivity contribution in [2.24, 2.45) is 0 Å². The van der Waals surface area contributed by atoms with E-state index in [1.807, 2.05) is 36.1 Å². The quantitative estimate of drug-likeness (QED) is 0.882. The molecule has 0 bridgehead atoms. The minimum absolute atomic E-state index is 0.0173. The van der Waals surface area contributed by atoms with Gasteiger partial charge in [0.15, 0.2) is 0 Å². The van der Waals surface area contributed by atoms with Gasteiger partial charge in [0.2, 0.25) is 0 Å². The number of ether oxygens (including phenoxy) is 1. The second-order valence-corrected chi connectivity index (χ2v) is 7.79. The fourth-order valence-corrected chi connectivity index (χ4v) is 4.22. The molecular weight excluding hydrogens is 356 g/mol. The van der Waals surface area contributed by atoms with Gasteiger partial charge in [0.1, 0.15) is 6.26 Å². The lowest BCUT2D eigenvalue weighted by atomic mass is 9.88. The van der Waals surface area contributed by atoms with Crippen LogP contribution in [0.15, 0.2) is 47.3 Å². The molecule has 148 valence electrons. The summed E-state index contributed by atoms with van der Waals surface area (Å²) in [6.45, 7) is 3.83. The van der Waals surface area contributed by atoms with Gasteiger partial charge in [-0.2, -0.15) is 0 Å². The number of nitrogens with one attached hydrogen (secondary N) is 1. The van der Waals surface area contributed by atoms with Crippen LogP contribution in [0.5, 0.6) is 0 Å². The molecule has 1 aromatic carbocycles. The minimum atomic E-state index is -0.161. The zero-order valence-corrected chi connectivity index (χ0v) is 16.1. The van der Waals surface area contributed by atoms with Gasteiger partial charge in [0.05, 0.1) is 23.5 Å². The fraction of sp³-hybridized carbons (Fsp3) is 0.455. The van der Waals surface area contributed by atoms with E-state index in [1.165, 1.54) is 12.5 Å². The number of carbonyl (C=O) groups is 2. The van der Waals surface area contributed by atoms with Gasteiger partial charge in [-0.25, -0.2) is 0 Å². The monoisotopic (exact) mass is 382 g/mol. The molecule has 0 aliphatic carbocycles. The normalized spacial score (nSPS) is 21.0. The van der Waals surface area contributed by atoms with Gasteiger partial charge in [-0.05, 0) is 50.3 Å². The SMILES string of the molecule is Cc1ccccc1C(=O)NCC1CCC2(CCN(C(=O)c3ccoc3)CC2)O1. The highest BCUT2D eigenvalue weighted by Crippen LogP contribution is 2.39. The molecule has 0 radical (unpaired) electrons. The van der Waals surface area contributed by atoms with Crippen molar-refractivity contribution in [1.82, 2.24) is 10.2 Å². The first-order valence-corrected chi connectivity index (χ1v) is 9.89. The number of nitrogens with zero attached hydrogens (tertiary/aromatic N) is 1. The summed E-state index contributed by atoms with van der Waals surface area (Å²) < 4.78 is 11.4. The number of hydrogen-bond donors (Lipinski definition) is 1. The van der Waals surface area contributed by atoms with Gasteiger partial charge in [0.25, 0.3) is 11.8 Å². The van der Waals surface area contributed by atoms with Crippen LogP contribution in [0.4, 0.5) is 0 Å². The Labute approximate surface area is 164 Å². The first-order valence-electron chi connectivity index (χ1n) is 9.89. The van der Waals surface area contributed by atoms with Crippen molar-refractivity contribution >= 4 is 11.8 Å². The second kappa shape index (κ2) is 7.80. The van der Waals surface area contributed by atoms with Crippen molar-refractivity contribution < 1.29 is 18.7 Å². The smallest absolute Gasteiger partial charge is 0.257 e. The van der Waals surface area contributed by atoms with Crippen LogP contribution in [0.25, 0.3) is 0 Å². The van der Waals surface area contributed by atoms with Crippen LogP contribution >= 0.6 is 0 Å². The van der Waals surface area contributed by atoms with E-state index in [9.17, 15) is 9.59 Å². The number of likely N-dealkylation sites (tertiary alicyclic amines) is 1. The molecule has 1 aromatic heterocycles. The van der Waals surface area contributed by atoms with Gasteiger partial charge in [0, 0.05) is 25.2 Å². The van der Waals surface area contributed by atoms with Gasteiger partial charge in [-0.3, -0.25) is 9.59 Å². The van der Waals surface area contributed by atoms with Crippen molar-refractivity contribution in [3.63, 3.8) is 0 Å². The van der Waals surface area contributed by atoms with Crippen LogP contribution in [-0.2, 0) is 4.74 Å². The van der Waals surface area contributed by atoms with Crippen LogP contribution in [-0.4, -0.2) is 48.1 Å². The van der Waals surface area contributed by atoms with E-state index >= 15 is 0 Å². The Hall–Kier alpha value is -2.60. The summed E-state index contributed by atoms with van der Waals surface area (Å²) in [5, 5.41) is 3.01. The molecule has 3 heterocycles. The number of carbonyl (C=O) groups excluding carboxylic acids is 2. The molecule has 1 N–H and O–H groups in total. The average molecular weight is 382 g/mol. The van der Waals surface area contributed by atoms with Crippen molar-refractivity contribution in [2.45, 2.75) is 44.3 Å². The van der Waals surface area contributed by atoms with Gasteiger partial charge in [-0.15, -0.1) is 0 Å². The second-order valence-electron chi connectivity index (χ2n) is 7.79. The summed E-state index contributed by atoms with van der Waals surface area (Å²) in [5.74, 6) is -0.0354. The fourth-order valence-electron chi connectivity index (χ4n) is 4.22. The van der Waals surface area contributed by atoms with Crippen LogP contribution in [0.1, 0.15) is 52.0 Å². The number of piperidine rings is 1. The maximum Gasteiger partial charge on any atom is 0.257 e. The zero-order chi connectivity index (χ0) is 19.6. The number of furan rings is 1. The molecule has 2 fully saturated rings. The van der Waals surface area contributed by atoms with Crippen LogP contribution in [0.2, 0.25) is 0 Å². The summed E-state index contributed by atoms with van der Waals surface area (Å²) in [7, 11) is 0. The third-order valence-corrected chi connectivity index (χ3v) is 5.95. The van der Waals surface area contributed by atoms with E-state index < -0.39 is 0 Å². The van der Waals surface area contributed by atoms with E-state index in [-0.39, 0.29) is 23.5 Å². The molecule has 4 rings (SSSR count). The maximum atomic E-state index is 12.4. The Morgan fingerprint density at radius 1 is 1.18 bits per heavy atom. The summed E-state index contributed by atoms with van der Waals surface area (Å²) in [6, 6.07) is 9.29. The van der Waals surface area contributed by atoms with E-state index in [1.54, 1.807) is 6.07 Å². The van der Waals surface area contributed by atoms with Crippen LogP contribution < -0.4 is 5.32 Å². The highest BCUT2D eigenvalue weighted by atomic mass is 16.5. The summed E-state index contributed by atoms with van der Waals surface area (Å²) >= 11 is 0. The predicted molar refractivity (Wildman–Crippen MR) is 104 cm³/mol. The Kier molecular flexibility index (Phi) is 5.22. The molecule has 2 aromatic rings. The Morgan fingerprint density at radius 3 is 2.68 bits per heavy atom. The lowest BCUT2D eigenvalue weighted by Crippen LogP contribution is -2.47. The molecule has 6 heteroatoms. The molecule has 0 saturated carbocycles. The molecule has 2 saturated heterocycles. The summed E-state index contributed by atoms with van der Waals surface area (Å²) in [6.07, 6.45) is 6.62. The van der Waals surface area contributed by atoms with Gasteiger partial charge < -0.3 is 19.4 Å². The lowest BCUT2D eigenvalue weighted by Gasteiger charge is -2.39. The summed E-state index contributed by atoms with van der Waals surface area (Å²) in [4.78, 5) is 26.7. The highest BCUT2D eigenvalue weighted by molar-refractivity contribution is 5.95. The van der Waals surface area contributed by atoms with E-state index in [2.05, 4.69) is 5.32 Å². The number of amides is 2. The average Bonchev–Trinajstić information content (AvgIpc) is 3.37. The molecule has 1 spiro atoms. The molecule has 6 nitrogen and oxygen atoms in total. The summed E-state index contributed by atoms with van der Waals surface area (Å²) in [5.41, 5.74) is 2.12. The largest absolute Gasteiger partial charge is 0.472 e. The number of aryl methyl sites for hydroxylation is 1. The van der Waals surface area contributed by atoms with Gasteiger partial charge in [-0.1, -0.05) is 18.2 Å². The van der Waals surface area contributed by atoms with Crippen molar-refractivity contribution in [2.75, 3.05) is 19.6 Å². The molecule has 2 aliphatic rings. The van der Waals surface area contributed by atoms with Crippen LogP contribution in [0, 0.1) is 6.92 Å². The number of benzene rings is 1. The topological polar surface area (TPSA) is 71.8 Å². The Balaban J connectivity index is 1.27. The first kappa shape index (κ1) is 18.7.